The van der Waals surface area contributed by atoms with Crippen LogP contribution in [0, 0.1) is 35.5 Å². The van der Waals surface area contributed by atoms with Crippen LogP contribution in [0.5, 0.6) is 23.0 Å². The molecule has 0 aliphatic heterocycles. The van der Waals surface area contributed by atoms with Crippen molar-refractivity contribution in [3.05, 3.63) is 36.4 Å². The molecule has 232 valence electrons. The van der Waals surface area contributed by atoms with Gasteiger partial charge in [0, 0.05) is 42.8 Å². The summed E-state index contributed by atoms with van der Waals surface area (Å²) in [4.78, 5) is 25.3. The molecule has 4 aliphatic rings. The van der Waals surface area contributed by atoms with Gasteiger partial charge in [-0.2, -0.15) is 0 Å². The highest BCUT2D eigenvalue weighted by molar-refractivity contribution is 5.92. The third kappa shape index (κ3) is 7.22. The summed E-state index contributed by atoms with van der Waals surface area (Å²) in [7, 11) is 3.20. The van der Waals surface area contributed by atoms with E-state index in [-0.39, 0.29) is 11.8 Å². The Hall–Kier alpha value is -3.42. The zero-order chi connectivity index (χ0) is 29.8. The third-order valence-electron chi connectivity index (χ3n) is 10.4. The predicted octanol–water partition coefficient (Wildman–Crippen LogP) is 7.08. The van der Waals surface area contributed by atoms with Crippen molar-refractivity contribution in [1.29, 1.82) is 0 Å². The van der Waals surface area contributed by atoms with Crippen LogP contribution in [0.1, 0.15) is 70.6 Å². The molecular formula is C35H46N2O6. The number of anilines is 2. The molecule has 0 spiro atoms. The smallest absolute Gasteiger partial charge is 0.224 e. The molecular weight excluding hydrogens is 544 g/mol. The minimum absolute atomic E-state index is 0.0759. The van der Waals surface area contributed by atoms with E-state index in [9.17, 15) is 9.59 Å². The van der Waals surface area contributed by atoms with E-state index in [1.807, 2.05) is 36.4 Å². The number of hydrogen-bond acceptors (Lipinski definition) is 6. The van der Waals surface area contributed by atoms with E-state index >= 15 is 0 Å². The van der Waals surface area contributed by atoms with E-state index in [1.54, 1.807) is 14.2 Å². The highest BCUT2D eigenvalue weighted by Crippen LogP contribution is 2.50. The second-order valence-electron chi connectivity index (χ2n) is 13.2. The number of amides is 2. The average molecular weight is 591 g/mol. The van der Waals surface area contributed by atoms with Gasteiger partial charge in [0.15, 0.2) is 23.0 Å². The number of hydrogen-bond donors (Lipinski definition) is 2. The minimum Gasteiger partial charge on any atom is -0.493 e. The monoisotopic (exact) mass is 590 g/mol. The van der Waals surface area contributed by atoms with Crippen molar-refractivity contribution in [2.24, 2.45) is 35.5 Å². The van der Waals surface area contributed by atoms with Crippen molar-refractivity contribution >= 4 is 23.2 Å². The predicted molar refractivity (Wildman–Crippen MR) is 166 cm³/mol. The van der Waals surface area contributed by atoms with Crippen LogP contribution in [0.3, 0.4) is 0 Å². The van der Waals surface area contributed by atoms with Crippen LogP contribution in [0.4, 0.5) is 11.4 Å². The average Bonchev–Trinajstić information content (AvgIpc) is 3.81. The summed E-state index contributed by atoms with van der Waals surface area (Å²) in [6.07, 6.45) is 12.1. The van der Waals surface area contributed by atoms with Crippen LogP contribution in [-0.4, -0.2) is 39.2 Å². The molecule has 0 saturated heterocycles. The van der Waals surface area contributed by atoms with Gasteiger partial charge in [0.1, 0.15) is 0 Å². The van der Waals surface area contributed by atoms with Crippen LogP contribution in [-0.2, 0) is 9.59 Å². The molecule has 4 bridgehead atoms. The number of carbonyl (C=O) groups is 2. The van der Waals surface area contributed by atoms with Crippen LogP contribution < -0.4 is 29.6 Å². The van der Waals surface area contributed by atoms with E-state index in [4.69, 9.17) is 18.9 Å². The van der Waals surface area contributed by atoms with Crippen molar-refractivity contribution in [3.8, 4) is 23.0 Å². The Kier molecular flexibility index (Phi) is 9.29. The van der Waals surface area contributed by atoms with Gasteiger partial charge >= 0.3 is 0 Å². The van der Waals surface area contributed by atoms with Crippen molar-refractivity contribution in [2.75, 3.05) is 38.1 Å². The minimum atomic E-state index is 0.0759. The maximum atomic E-state index is 12.7. The number of carbonyl (C=O) groups excluding carboxylic acids is 2. The van der Waals surface area contributed by atoms with Gasteiger partial charge in [-0.3, -0.25) is 9.59 Å². The lowest BCUT2D eigenvalue weighted by molar-refractivity contribution is -0.118. The van der Waals surface area contributed by atoms with Crippen molar-refractivity contribution in [1.82, 2.24) is 0 Å². The first-order valence-corrected chi connectivity index (χ1v) is 16.2. The maximum absolute atomic E-state index is 12.7. The van der Waals surface area contributed by atoms with Gasteiger partial charge in [-0.25, -0.2) is 0 Å². The normalized spacial score (nSPS) is 26.7. The lowest BCUT2D eigenvalue weighted by Crippen LogP contribution is -2.20. The highest BCUT2D eigenvalue weighted by atomic mass is 16.5. The Morgan fingerprint density at radius 3 is 1.49 bits per heavy atom. The van der Waals surface area contributed by atoms with Crippen molar-refractivity contribution < 1.29 is 28.5 Å². The fraction of sp³-hybridized carbons (Fsp3) is 0.600. The molecule has 2 N–H and O–H groups in total. The van der Waals surface area contributed by atoms with E-state index in [0.717, 1.165) is 35.0 Å². The first-order valence-electron chi connectivity index (χ1n) is 16.2. The molecule has 6 atom stereocenters. The zero-order valence-corrected chi connectivity index (χ0v) is 25.6. The molecule has 8 heteroatoms. The summed E-state index contributed by atoms with van der Waals surface area (Å²) in [5.74, 6) is 6.78. The molecule has 0 unspecified atom stereocenters. The van der Waals surface area contributed by atoms with E-state index in [2.05, 4.69) is 10.6 Å². The third-order valence-corrected chi connectivity index (χ3v) is 10.4. The first-order chi connectivity index (χ1) is 21.0. The second-order valence-corrected chi connectivity index (χ2v) is 13.2. The molecule has 0 heterocycles. The quantitative estimate of drug-likeness (QED) is 0.228. The zero-order valence-electron chi connectivity index (χ0n) is 25.6. The van der Waals surface area contributed by atoms with Crippen LogP contribution >= 0.6 is 0 Å². The Labute approximate surface area is 255 Å². The lowest BCUT2D eigenvalue weighted by Gasteiger charge is -2.21. The van der Waals surface area contributed by atoms with Gasteiger partial charge in [-0.05, 0) is 98.3 Å². The molecule has 0 radical (unpaired) electrons. The molecule has 8 nitrogen and oxygen atoms in total. The van der Waals surface area contributed by atoms with Crippen LogP contribution in [0.2, 0.25) is 0 Å². The number of methoxy groups -OCH3 is 2. The fourth-order valence-corrected chi connectivity index (χ4v) is 8.31. The summed E-state index contributed by atoms with van der Waals surface area (Å²) in [6.45, 7) is 0.873. The Morgan fingerprint density at radius 1 is 0.651 bits per heavy atom. The summed E-state index contributed by atoms with van der Waals surface area (Å²) in [5, 5.41) is 6.08. The molecule has 4 aliphatic carbocycles. The van der Waals surface area contributed by atoms with Gasteiger partial charge in [0.25, 0.3) is 0 Å². The van der Waals surface area contributed by atoms with Crippen molar-refractivity contribution in [3.63, 3.8) is 0 Å². The molecule has 6 rings (SSSR count). The maximum Gasteiger partial charge on any atom is 0.224 e. The lowest BCUT2D eigenvalue weighted by atomic mass is 9.86. The van der Waals surface area contributed by atoms with Crippen LogP contribution in [0.25, 0.3) is 0 Å². The molecule has 2 amide bonds. The number of nitrogens with one attached hydrogen (secondary N) is 2. The first kappa shape index (κ1) is 29.6. The Bertz CT molecular complexity index is 1200. The molecule has 2 aromatic rings. The van der Waals surface area contributed by atoms with Crippen molar-refractivity contribution in [2.45, 2.75) is 70.6 Å². The Balaban J connectivity index is 0.923. The number of fused-ring (bicyclic) bond motifs is 4. The fourth-order valence-electron chi connectivity index (χ4n) is 8.31. The summed E-state index contributed by atoms with van der Waals surface area (Å²) in [5.41, 5.74) is 1.44. The van der Waals surface area contributed by atoms with E-state index in [1.165, 1.54) is 51.4 Å². The number of ether oxygens (including phenoxy) is 4. The SMILES string of the molecule is COc1cc(NC(=O)C[C@H]2C[C@H]3CC[C@H]2C3)ccc1OCCCOc1ccc(NC(=O)C[C@H]2C[C@H]3CC[C@H]2C3)cc1OC. The number of benzene rings is 2. The highest BCUT2D eigenvalue weighted by Gasteiger charge is 2.41. The molecule has 43 heavy (non-hydrogen) atoms. The summed E-state index contributed by atoms with van der Waals surface area (Å²) >= 11 is 0. The van der Waals surface area contributed by atoms with E-state index < -0.39 is 0 Å². The summed E-state index contributed by atoms with van der Waals surface area (Å²) in [6, 6.07) is 11.0. The van der Waals surface area contributed by atoms with Gasteiger partial charge < -0.3 is 29.6 Å². The van der Waals surface area contributed by atoms with Gasteiger partial charge in [0.2, 0.25) is 11.8 Å². The molecule has 4 saturated carbocycles. The molecule has 4 fully saturated rings. The standard InChI is InChI=1S/C35H46N2O6/c1-40-32-20-28(36-34(38)18-26-16-22-4-6-24(26)14-22)8-10-30(32)42-12-3-13-43-31-11-9-29(21-33(31)41-2)37-35(39)19-27-17-23-5-7-25(27)15-23/h8-11,20-27H,3-7,12-19H2,1-2H3,(H,36,38)(H,37,39)/t22-,23-,24-,25-,26+,27+/m0/s1. The van der Waals surface area contributed by atoms with Gasteiger partial charge in [-0.15, -0.1) is 0 Å². The topological polar surface area (TPSA) is 95.1 Å². The second kappa shape index (κ2) is 13.5. The van der Waals surface area contributed by atoms with Crippen LogP contribution in [0.15, 0.2) is 36.4 Å². The van der Waals surface area contributed by atoms with Gasteiger partial charge in [-0.1, -0.05) is 12.8 Å². The van der Waals surface area contributed by atoms with E-state index in [0.29, 0.717) is 67.3 Å². The Morgan fingerprint density at radius 2 is 1.12 bits per heavy atom. The summed E-state index contributed by atoms with van der Waals surface area (Å²) < 4.78 is 23.0. The largest absolute Gasteiger partial charge is 0.493 e. The number of rotatable bonds is 14. The molecule has 2 aromatic carbocycles. The molecule has 0 aromatic heterocycles. The van der Waals surface area contributed by atoms with Gasteiger partial charge in [0.05, 0.1) is 27.4 Å².